The number of ketones is 1. The number of carbonyl (C=O) groups is 3. The molecule has 0 unspecified atom stereocenters. The molecule has 0 spiro atoms. The van der Waals surface area contributed by atoms with E-state index in [-0.39, 0.29) is 43.3 Å². The van der Waals surface area contributed by atoms with Gasteiger partial charge in [0.25, 0.3) is 5.91 Å². The van der Waals surface area contributed by atoms with Crippen LogP contribution < -0.4 is 5.32 Å². The summed E-state index contributed by atoms with van der Waals surface area (Å²) in [5, 5.41) is 2.97. The summed E-state index contributed by atoms with van der Waals surface area (Å²) >= 11 is 0. The lowest BCUT2D eigenvalue weighted by atomic mass is 9.92. The predicted molar refractivity (Wildman–Crippen MR) is 195 cm³/mol. The molecular weight excluding hydrogens is 638 g/mol. The second-order valence-electron chi connectivity index (χ2n) is 14.9. The zero-order valence-corrected chi connectivity index (χ0v) is 32.5. The van der Waals surface area contributed by atoms with Gasteiger partial charge in [0.15, 0.2) is 11.9 Å². The lowest BCUT2D eigenvalue weighted by Crippen LogP contribution is -2.44. The summed E-state index contributed by atoms with van der Waals surface area (Å²) in [7, 11) is 3.27. The highest BCUT2D eigenvalue weighted by Gasteiger charge is 2.42. The van der Waals surface area contributed by atoms with E-state index in [1.807, 2.05) is 27.7 Å². The van der Waals surface area contributed by atoms with Crippen LogP contribution in [0.3, 0.4) is 0 Å². The maximum absolute atomic E-state index is 13.4. The highest BCUT2D eigenvalue weighted by molar-refractivity contribution is 5.84. The summed E-state index contributed by atoms with van der Waals surface area (Å²) in [5.41, 5.74) is 1.16. The van der Waals surface area contributed by atoms with Crippen LogP contribution in [0.5, 0.6) is 0 Å². The zero-order valence-electron chi connectivity index (χ0n) is 32.5. The van der Waals surface area contributed by atoms with Crippen LogP contribution in [-0.2, 0) is 42.8 Å². The number of hydrogen-bond donors (Lipinski definition) is 1. The molecule has 0 aromatic rings. The molecule has 0 aromatic heterocycles. The number of amides is 1. The molecule has 2 aliphatic heterocycles. The number of allylic oxidation sites excluding steroid dienone is 3. The third-order valence-corrected chi connectivity index (χ3v) is 9.72. The van der Waals surface area contributed by atoms with Crippen molar-refractivity contribution in [2.45, 2.75) is 162 Å². The number of methoxy groups -OCH3 is 2. The van der Waals surface area contributed by atoms with Crippen LogP contribution in [0.25, 0.3) is 0 Å². The number of Topliss-reactive ketones (excluding diaryl/α,β-unsaturated/α-hetero) is 1. The van der Waals surface area contributed by atoms with Crippen molar-refractivity contribution in [1.29, 1.82) is 0 Å². The zero-order chi connectivity index (χ0) is 36.9. The average molecular weight is 708 g/mol. The Bertz CT molecular complexity index is 1060. The van der Waals surface area contributed by atoms with Crippen LogP contribution in [0.2, 0.25) is 0 Å². The molecule has 0 saturated carbocycles. The molecule has 1 fully saturated rings. The first-order valence-corrected chi connectivity index (χ1v) is 19.2. The van der Waals surface area contributed by atoms with Crippen molar-refractivity contribution in [3.05, 3.63) is 23.8 Å². The number of nitrogens with one attached hydrogen (secondary N) is 1. The maximum atomic E-state index is 13.4. The minimum absolute atomic E-state index is 0.0629. The van der Waals surface area contributed by atoms with E-state index in [0.29, 0.717) is 62.8 Å². The summed E-state index contributed by atoms with van der Waals surface area (Å²) in [5.74, 6) is -0.727. The first-order chi connectivity index (χ1) is 23.9. The van der Waals surface area contributed by atoms with Crippen molar-refractivity contribution >= 4 is 17.7 Å². The standard InChI is InChI=1S/C40H69NO9/c1-9-15-36-38(43)41-26-34(47-28-46-8)25-37-35(49-40(5,6)50-37)23-22-32(27-45-7)19-13-17-31(10-2)18-14-21-33(42)20-12-11-16-29(3)24-30(4)39(44)48-36/h13,17,19,29-31,34-37H,9-12,14-16,18,20-28H2,1-8H3,(H,41,43)/b17-13+,32-19-/t29-,30+,31+,34+,35-,36+,37+/m1/s1. The Kier molecular flexibility index (Phi) is 21.3. The number of ether oxygens (including phenoxy) is 6. The van der Waals surface area contributed by atoms with Crippen LogP contribution in [-0.4, -0.2) is 82.0 Å². The van der Waals surface area contributed by atoms with Gasteiger partial charge >= 0.3 is 5.97 Å². The number of esters is 1. The molecule has 0 aliphatic carbocycles. The van der Waals surface area contributed by atoms with Gasteiger partial charge in [-0.2, -0.15) is 0 Å². The molecule has 50 heavy (non-hydrogen) atoms. The first-order valence-electron chi connectivity index (χ1n) is 19.2. The van der Waals surface area contributed by atoms with E-state index in [0.717, 1.165) is 56.9 Å². The number of rotatable bonds is 8. The molecule has 2 aliphatic rings. The Morgan fingerprint density at radius 1 is 0.900 bits per heavy atom. The van der Waals surface area contributed by atoms with E-state index in [9.17, 15) is 14.4 Å². The summed E-state index contributed by atoms with van der Waals surface area (Å²) in [6.07, 6.45) is 15.5. The van der Waals surface area contributed by atoms with Crippen LogP contribution in [0.15, 0.2) is 23.8 Å². The molecule has 1 amide bonds. The Hall–Kier alpha value is -2.11. The van der Waals surface area contributed by atoms with Gasteiger partial charge in [0.1, 0.15) is 12.6 Å². The lowest BCUT2D eigenvalue weighted by molar-refractivity contribution is -0.160. The Balaban J connectivity index is 2.26. The highest BCUT2D eigenvalue weighted by Crippen LogP contribution is 2.34. The van der Waals surface area contributed by atoms with Crippen LogP contribution in [0, 0.1) is 17.8 Å². The summed E-state index contributed by atoms with van der Waals surface area (Å²) in [6.45, 7) is 12.8. The van der Waals surface area contributed by atoms with Gasteiger partial charge in [-0.1, -0.05) is 65.2 Å². The molecule has 0 radical (unpaired) electrons. The molecule has 0 aromatic carbocycles. The normalized spacial score (nSPS) is 32.4. The number of hydrogen-bond acceptors (Lipinski definition) is 9. The van der Waals surface area contributed by atoms with Gasteiger partial charge in [0, 0.05) is 40.0 Å². The number of fused-ring (bicyclic) bond motifs is 1. The van der Waals surface area contributed by atoms with Gasteiger partial charge in [0.2, 0.25) is 0 Å². The summed E-state index contributed by atoms with van der Waals surface area (Å²) < 4.78 is 35.3. The van der Waals surface area contributed by atoms with Crippen molar-refractivity contribution in [2.75, 3.05) is 34.2 Å². The molecule has 288 valence electrons. The van der Waals surface area contributed by atoms with Crippen molar-refractivity contribution < 1.29 is 42.8 Å². The largest absolute Gasteiger partial charge is 0.452 e. The fourth-order valence-electron chi connectivity index (χ4n) is 6.90. The fourth-order valence-corrected chi connectivity index (χ4v) is 6.90. The van der Waals surface area contributed by atoms with Crippen molar-refractivity contribution in [3.63, 3.8) is 0 Å². The van der Waals surface area contributed by atoms with E-state index in [1.54, 1.807) is 14.2 Å². The fraction of sp³-hybridized carbons (Fsp3) is 0.825. The summed E-state index contributed by atoms with van der Waals surface area (Å²) in [4.78, 5) is 39.1. The lowest BCUT2D eigenvalue weighted by Gasteiger charge is -2.25. The molecular formula is C40H69NO9. The third-order valence-electron chi connectivity index (χ3n) is 9.72. The molecule has 2 heterocycles. The van der Waals surface area contributed by atoms with E-state index in [4.69, 9.17) is 28.4 Å². The van der Waals surface area contributed by atoms with E-state index in [2.05, 4.69) is 37.4 Å². The third kappa shape index (κ3) is 17.4. The Morgan fingerprint density at radius 3 is 2.34 bits per heavy atom. The van der Waals surface area contributed by atoms with Crippen LogP contribution in [0.4, 0.5) is 0 Å². The molecule has 0 bridgehead atoms. The van der Waals surface area contributed by atoms with Crippen molar-refractivity contribution in [1.82, 2.24) is 5.32 Å². The minimum Gasteiger partial charge on any atom is -0.452 e. The quantitative estimate of drug-likeness (QED) is 0.201. The molecule has 7 atom stereocenters. The number of carbonyl (C=O) groups excluding carboxylic acids is 3. The first kappa shape index (κ1) is 44.1. The SMILES string of the molecule is CCC[C@@H]1OC(=O)[C@@H](C)C[C@H](C)CCCCC(=O)CCC[C@@H](CC)/C=C/C=C(\COC)CC[C@H]2OC(C)(C)O[C@H]2C[C@H](OCOC)CNC1=O. The van der Waals surface area contributed by atoms with Gasteiger partial charge < -0.3 is 33.7 Å². The van der Waals surface area contributed by atoms with Gasteiger partial charge in [-0.05, 0) is 82.6 Å². The Labute approximate surface area is 302 Å². The number of cyclic esters (lactones) is 1. The van der Waals surface area contributed by atoms with Crippen molar-refractivity contribution in [2.24, 2.45) is 17.8 Å². The Morgan fingerprint density at radius 2 is 1.64 bits per heavy atom. The van der Waals surface area contributed by atoms with Gasteiger partial charge in [-0.3, -0.25) is 14.4 Å². The molecule has 2 rings (SSSR count). The van der Waals surface area contributed by atoms with Gasteiger partial charge in [0.05, 0.1) is 30.8 Å². The van der Waals surface area contributed by atoms with Crippen molar-refractivity contribution in [3.8, 4) is 0 Å². The van der Waals surface area contributed by atoms with E-state index in [1.165, 1.54) is 0 Å². The highest BCUT2D eigenvalue weighted by atomic mass is 16.8. The van der Waals surface area contributed by atoms with E-state index < -0.39 is 18.0 Å². The average Bonchev–Trinajstić information content (AvgIpc) is 3.37. The summed E-state index contributed by atoms with van der Waals surface area (Å²) in [6, 6.07) is 0. The molecule has 1 saturated heterocycles. The molecule has 1 N–H and O–H groups in total. The smallest absolute Gasteiger partial charge is 0.309 e. The monoisotopic (exact) mass is 707 g/mol. The van der Waals surface area contributed by atoms with Gasteiger partial charge in [-0.25, -0.2) is 0 Å². The molecule has 10 heteroatoms. The van der Waals surface area contributed by atoms with E-state index >= 15 is 0 Å². The molecule has 10 nitrogen and oxygen atoms in total. The topological polar surface area (TPSA) is 119 Å². The maximum Gasteiger partial charge on any atom is 0.309 e. The van der Waals surface area contributed by atoms with Gasteiger partial charge in [-0.15, -0.1) is 0 Å². The second-order valence-corrected chi connectivity index (χ2v) is 14.9. The second kappa shape index (κ2) is 24.2. The minimum atomic E-state index is -0.878. The van der Waals surface area contributed by atoms with Crippen LogP contribution in [0.1, 0.15) is 131 Å². The van der Waals surface area contributed by atoms with Crippen LogP contribution >= 0.6 is 0 Å². The predicted octanol–water partition coefficient (Wildman–Crippen LogP) is 7.62.